The van der Waals surface area contributed by atoms with Gasteiger partial charge in [-0.3, -0.25) is 0 Å². The van der Waals surface area contributed by atoms with Gasteiger partial charge in [0.25, 0.3) is 0 Å². The summed E-state index contributed by atoms with van der Waals surface area (Å²) in [5, 5.41) is 0. The van der Waals surface area contributed by atoms with Crippen molar-refractivity contribution in [3.63, 3.8) is 0 Å². The molecule has 0 saturated heterocycles. The SMILES string of the molecule is CCOc1ccc(C(=O)OCC2CC2C)cc1. The molecule has 1 aromatic rings. The van der Waals surface area contributed by atoms with Crippen LogP contribution < -0.4 is 4.74 Å². The second-order valence-corrected chi connectivity index (χ2v) is 4.53. The second kappa shape index (κ2) is 5.21. The zero-order chi connectivity index (χ0) is 12.3. The molecule has 0 N–H and O–H groups in total. The van der Waals surface area contributed by atoms with Gasteiger partial charge in [0.15, 0.2) is 0 Å². The smallest absolute Gasteiger partial charge is 0.338 e. The molecule has 1 aromatic carbocycles. The predicted molar refractivity (Wildman–Crippen MR) is 65.2 cm³/mol. The van der Waals surface area contributed by atoms with E-state index in [2.05, 4.69) is 6.92 Å². The van der Waals surface area contributed by atoms with Crippen LogP contribution in [0.4, 0.5) is 0 Å². The standard InChI is InChI=1S/C14H18O3/c1-3-16-13-6-4-11(5-7-13)14(15)17-9-12-8-10(12)2/h4-7,10,12H,3,8-9H2,1-2H3. The molecule has 3 nitrogen and oxygen atoms in total. The van der Waals surface area contributed by atoms with Gasteiger partial charge in [-0.05, 0) is 49.4 Å². The molecular weight excluding hydrogens is 216 g/mol. The van der Waals surface area contributed by atoms with Gasteiger partial charge in [0, 0.05) is 0 Å². The predicted octanol–water partition coefficient (Wildman–Crippen LogP) is 2.90. The number of carbonyl (C=O) groups excluding carboxylic acids is 1. The van der Waals surface area contributed by atoms with Crippen LogP contribution in [0.3, 0.4) is 0 Å². The third kappa shape index (κ3) is 3.22. The Labute approximate surface area is 102 Å². The van der Waals surface area contributed by atoms with Crippen LogP contribution >= 0.6 is 0 Å². The van der Waals surface area contributed by atoms with Crippen molar-refractivity contribution < 1.29 is 14.3 Å². The lowest BCUT2D eigenvalue weighted by atomic mass is 10.2. The number of rotatable bonds is 5. The van der Waals surface area contributed by atoms with E-state index in [4.69, 9.17) is 9.47 Å². The summed E-state index contributed by atoms with van der Waals surface area (Å²) in [6.07, 6.45) is 1.18. The first-order chi connectivity index (χ1) is 8.20. The lowest BCUT2D eigenvalue weighted by Crippen LogP contribution is -2.08. The molecule has 0 aromatic heterocycles. The van der Waals surface area contributed by atoms with Crippen LogP contribution in [-0.2, 0) is 4.74 Å². The summed E-state index contributed by atoms with van der Waals surface area (Å²) in [4.78, 5) is 11.7. The second-order valence-electron chi connectivity index (χ2n) is 4.53. The number of hydrogen-bond acceptors (Lipinski definition) is 3. The molecule has 3 heteroatoms. The summed E-state index contributed by atoms with van der Waals surface area (Å²) in [5.74, 6) is 1.82. The number of carbonyl (C=O) groups is 1. The molecule has 0 radical (unpaired) electrons. The Kier molecular flexibility index (Phi) is 3.67. The molecule has 0 aliphatic heterocycles. The Morgan fingerprint density at radius 3 is 2.53 bits per heavy atom. The van der Waals surface area contributed by atoms with Crippen molar-refractivity contribution in [2.45, 2.75) is 20.3 Å². The van der Waals surface area contributed by atoms with Gasteiger partial charge >= 0.3 is 5.97 Å². The van der Waals surface area contributed by atoms with E-state index < -0.39 is 0 Å². The van der Waals surface area contributed by atoms with Crippen molar-refractivity contribution in [3.05, 3.63) is 29.8 Å². The average molecular weight is 234 g/mol. The van der Waals surface area contributed by atoms with E-state index in [0.717, 1.165) is 5.75 Å². The fraction of sp³-hybridized carbons (Fsp3) is 0.500. The van der Waals surface area contributed by atoms with E-state index in [0.29, 0.717) is 30.6 Å². The molecule has 1 aliphatic carbocycles. The molecule has 0 amide bonds. The van der Waals surface area contributed by atoms with E-state index in [1.54, 1.807) is 24.3 Å². The molecule has 2 rings (SSSR count). The summed E-state index contributed by atoms with van der Waals surface area (Å²) in [6.45, 7) is 5.28. The van der Waals surface area contributed by atoms with Gasteiger partial charge in [0.2, 0.25) is 0 Å². The van der Waals surface area contributed by atoms with Crippen molar-refractivity contribution in [1.82, 2.24) is 0 Å². The van der Waals surface area contributed by atoms with E-state index >= 15 is 0 Å². The maximum absolute atomic E-state index is 11.7. The van der Waals surface area contributed by atoms with Crippen LogP contribution in [0, 0.1) is 11.8 Å². The fourth-order valence-electron chi connectivity index (χ4n) is 1.75. The summed E-state index contributed by atoms with van der Waals surface area (Å²) < 4.78 is 10.6. The summed E-state index contributed by atoms with van der Waals surface area (Å²) in [5.41, 5.74) is 0.585. The highest BCUT2D eigenvalue weighted by atomic mass is 16.5. The minimum atomic E-state index is -0.243. The highest BCUT2D eigenvalue weighted by Gasteiger charge is 2.33. The van der Waals surface area contributed by atoms with Crippen LogP contribution in [-0.4, -0.2) is 19.2 Å². The first-order valence-corrected chi connectivity index (χ1v) is 6.10. The lowest BCUT2D eigenvalue weighted by molar-refractivity contribution is 0.0481. The fourth-order valence-corrected chi connectivity index (χ4v) is 1.75. The van der Waals surface area contributed by atoms with Gasteiger partial charge in [-0.15, -0.1) is 0 Å². The molecule has 1 fully saturated rings. The number of ether oxygens (including phenoxy) is 2. The molecule has 17 heavy (non-hydrogen) atoms. The van der Waals surface area contributed by atoms with E-state index in [1.807, 2.05) is 6.92 Å². The van der Waals surface area contributed by atoms with Gasteiger partial charge in [-0.1, -0.05) is 6.92 Å². The van der Waals surface area contributed by atoms with E-state index in [9.17, 15) is 4.79 Å². The molecule has 0 bridgehead atoms. The number of hydrogen-bond donors (Lipinski definition) is 0. The highest BCUT2D eigenvalue weighted by Crippen LogP contribution is 2.37. The third-order valence-corrected chi connectivity index (χ3v) is 3.11. The average Bonchev–Trinajstić information content (AvgIpc) is 3.04. The first kappa shape index (κ1) is 12.0. The van der Waals surface area contributed by atoms with Gasteiger partial charge < -0.3 is 9.47 Å². The molecule has 1 saturated carbocycles. The van der Waals surface area contributed by atoms with E-state index in [-0.39, 0.29) is 5.97 Å². The minimum absolute atomic E-state index is 0.243. The zero-order valence-corrected chi connectivity index (χ0v) is 10.3. The van der Waals surface area contributed by atoms with Gasteiger partial charge in [-0.25, -0.2) is 4.79 Å². The highest BCUT2D eigenvalue weighted by molar-refractivity contribution is 5.89. The lowest BCUT2D eigenvalue weighted by Gasteiger charge is -2.05. The molecule has 2 unspecified atom stereocenters. The maximum Gasteiger partial charge on any atom is 0.338 e. The summed E-state index contributed by atoms with van der Waals surface area (Å²) >= 11 is 0. The maximum atomic E-state index is 11.7. The Morgan fingerprint density at radius 1 is 1.35 bits per heavy atom. The molecule has 1 aliphatic rings. The number of benzene rings is 1. The Morgan fingerprint density at radius 2 is 2.00 bits per heavy atom. The normalized spacial score (nSPS) is 22.0. The summed E-state index contributed by atoms with van der Waals surface area (Å²) in [6, 6.07) is 7.06. The van der Waals surface area contributed by atoms with Gasteiger partial charge in [0.1, 0.15) is 5.75 Å². The van der Waals surface area contributed by atoms with Crippen molar-refractivity contribution in [2.75, 3.05) is 13.2 Å². The van der Waals surface area contributed by atoms with Crippen molar-refractivity contribution in [1.29, 1.82) is 0 Å². The first-order valence-electron chi connectivity index (χ1n) is 6.10. The van der Waals surface area contributed by atoms with Crippen LogP contribution in [0.5, 0.6) is 5.75 Å². The van der Waals surface area contributed by atoms with Gasteiger partial charge in [0.05, 0.1) is 18.8 Å². The molecule has 0 spiro atoms. The minimum Gasteiger partial charge on any atom is -0.494 e. The monoisotopic (exact) mass is 234 g/mol. The van der Waals surface area contributed by atoms with E-state index in [1.165, 1.54) is 6.42 Å². The van der Waals surface area contributed by atoms with Crippen molar-refractivity contribution in [2.24, 2.45) is 11.8 Å². The quantitative estimate of drug-likeness (QED) is 0.735. The Bertz CT molecular complexity index is 383. The molecule has 0 heterocycles. The third-order valence-electron chi connectivity index (χ3n) is 3.11. The Balaban J connectivity index is 1.85. The topological polar surface area (TPSA) is 35.5 Å². The summed E-state index contributed by atoms with van der Waals surface area (Å²) in [7, 11) is 0. The van der Waals surface area contributed by atoms with Crippen LogP contribution in [0.25, 0.3) is 0 Å². The van der Waals surface area contributed by atoms with Crippen LogP contribution in [0.15, 0.2) is 24.3 Å². The van der Waals surface area contributed by atoms with Crippen molar-refractivity contribution >= 4 is 5.97 Å². The van der Waals surface area contributed by atoms with Crippen LogP contribution in [0.2, 0.25) is 0 Å². The molecular formula is C14H18O3. The Hall–Kier alpha value is -1.51. The zero-order valence-electron chi connectivity index (χ0n) is 10.3. The largest absolute Gasteiger partial charge is 0.494 e. The van der Waals surface area contributed by atoms with Crippen LogP contribution in [0.1, 0.15) is 30.6 Å². The molecule has 92 valence electrons. The molecule has 2 atom stereocenters. The van der Waals surface area contributed by atoms with Gasteiger partial charge in [-0.2, -0.15) is 0 Å². The van der Waals surface area contributed by atoms with Crippen molar-refractivity contribution in [3.8, 4) is 5.75 Å². The number of esters is 1.